The van der Waals surface area contributed by atoms with Gasteiger partial charge >= 0.3 is 0 Å². The second-order valence-corrected chi connectivity index (χ2v) is 5.11. The number of nitrogens with zero attached hydrogens (tertiary/aromatic N) is 1. The largest absolute Gasteiger partial charge is 0.281 e. The lowest BCUT2D eigenvalue weighted by molar-refractivity contribution is -0.112. The molecular formula is C15H11ClFNO. The van der Waals surface area contributed by atoms with Crippen molar-refractivity contribution in [3.63, 3.8) is 0 Å². The summed E-state index contributed by atoms with van der Waals surface area (Å²) in [6, 6.07) is 10.0. The Balaban J connectivity index is 1.80. The van der Waals surface area contributed by atoms with Gasteiger partial charge in [0.2, 0.25) is 5.24 Å². The fraction of sp³-hybridized carbons (Fsp3) is 0.200. The van der Waals surface area contributed by atoms with Crippen molar-refractivity contribution in [3.8, 4) is 11.3 Å². The van der Waals surface area contributed by atoms with E-state index in [1.165, 1.54) is 12.1 Å². The highest BCUT2D eigenvalue weighted by Crippen LogP contribution is 2.48. The maximum absolute atomic E-state index is 12.8. The molecule has 1 fully saturated rings. The zero-order valence-electron chi connectivity index (χ0n) is 10.0. The molecule has 19 heavy (non-hydrogen) atoms. The predicted octanol–water partition coefficient (Wildman–Crippen LogP) is 3.76. The van der Waals surface area contributed by atoms with Crippen LogP contribution in [0.5, 0.6) is 0 Å². The third kappa shape index (κ3) is 2.51. The van der Waals surface area contributed by atoms with Gasteiger partial charge in [-0.05, 0) is 59.8 Å². The summed E-state index contributed by atoms with van der Waals surface area (Å²) in [6.07, 6.45) is 2.57. The van der Waals surface area contributed by atoms with Crippen molar-refractivity contribution in [2.24, 2.45) is 5.92 Å². The van der Waals surface area contributed by atoms with E-state index in [0.717, 1.165) is 23.2 Å². The van der Waals surface area contributed by atoms with Gasteiger partial charge in [0.05, 0.1) is 5.69 Å². The van der Waals surface area contributed by atoms with Crippen LogP contribution in [0, 0.1) is 11.7 Å². The number of rotatable bonds is 3. The van der Waals surface area contributed by atoms with Crippen LogP contribution in [0.4, 0.5) is 4.39 Å². The molecule has 2 aromatic rings. The molecule has 1 aromatic heterocycles. The van der Waals surface area contributed by atoms with E-state index < -0.39 is 0 Å². The zero-order valence-corrected chi connectivity index (χ0v) is 10.8. The number of halogens is 2. The van der Waals surface area contributed by atoms with Gasteiger partial charge in [-0.3, -0.25) is 9.78 Å². The maximum atomic E-state index is 12.8. The molecule has 0 radical (unpaired) electrons. The number of carbonyl (C=O) groups is 1. The van der Waals surface area contributed by atoms with E-state index in [1.54, 1.807) is 18.3 Å². The zero-order chi connectivity index (χ0) is 13.4. The van der Waals surface area contributed by atoms with Gasteiger partial charge in [0.15, 0.2) is 0 Å². The normalized spacial score (nSPS) is 21.2. The summed E-state index contributed by atoms with van der Waals surface area (Å²) >= 11 is 5.47. The quantitative estimate of drug-likeness (QED) is 0.799. The predicted molar refractivity (Wildman–Crippen MR) is 71.3 cm³/mol. The van der Waals surface area contributed by atoms with Crippen LogP contribution >= 0.6 is 11.6 Å². The van der Waals surface area contributed by atoms with Crippen molar-refractivity contribution in [3.05, 3.63) is 54.0 Å². The minimum atomic E-state index is -0.271. The lowest BCUT2D eigenvalue weighted by Crippen LogP contribution is -1.93. The number of aromatic nitrogens is 1. The molecule has 0 bridgehead atoms. The van der Waals surface area contributed by atoms with Crippen LogP contribution in [0.25, 0.3) is 11.3 Å². The number of hydrogen-bond acceptors (Lipinski definition) is 2. The third-order valence-electron chi connectivity index (χ3n) is 3.44. The van der Waals surface area contributed by atoms with E-state index in [1.807, 2.05) is 12.1 Å². The Morgan fingerprint density at radius 2 is 1.95 bits per heavy atom. The van der Waals surface area contributed by atoms with Crippen LogP contribution in [0.15, 0.2) is 42.6 Å². The second kappa shape index (κ2) is 4.74. The van der Waals surface area contributed by atoms with Crippen LogP contribution in [-0.2, 0) is 4.79 Å². The summed E-state index contributed by atoms with van der Waals surface area (Å²) in [7, 11) is 0. The minimum Gasteiger partial charge on any atom is -0.281 e. The molecule has 96 valence electrons. The Morgan fingerprint density at radius 1 is 1.21 bits per heavy atom. The lowest BCUT2D eigenvalue weighted by atomic mass is 10.1. The number of hydrogen-bond donors (Lipinski definition) is 0. The summed E-state index contributed by atoms with van der Waals surface area (Å²) in [5.74, 6) is -0.110. The molecule has 2 atom stereocenters. The number of pyridine rings is 1. The first-order valence-corrected chi connectivity index (χ1v) is 6.44. The molecule has 1 saturated carbocycles. The highest BCUT2D eigenvalue weighted by atomic mass is 35.5. The van der Waals surface area contributed by atoms with Gasteiger partial charge in [-0.15, -0.1) is 0 Å². The fourth-order valence-corrected chi connectivity index (χ4v) is 2.47. The van der Waals surface area contributed by atoms with E-state index in [9.17, 15) is 9.18 Å². The van der Waals surface area contributed by atoms with Gasteiger partial charge in [-0.25, -0.2) is 4.39 Å². The van der Waals surface area contributed by atoms with Crippen molar-refractivity contribution in [1.82, 2.24) is 4.98 Å². The van der Waals surface area contributed by atoms with Gasteiger partial charge < -0.3 is 0 Å². The van der Waals surface area contributed by atoms with Crippen LogP contribution in [-0.4, -0.2) is 10.2 Å². The first kappa shape index (κ1) is 12.3. The summed E-state index contributed by atoms with van der Waals surface area (Å²) in [6.45, 7) is 0. The minimum absolute atomic E-state index is 0.0554. The Bertz CT molecular complexity index is 609. The monoisotopic (exact) mass is 275 g/mol. The summed E-state index contributed by atoms with van der Waals surface area (Å²) < 4.78 is 12.8. The first-order valence-electron chi connectivity index (χ1n) is 6.06. The molecule has 1 aliphatic rings. The molecule has 2 nitrogen and oxygen atoms in total. The molecule has 0 amide bonds. The van der Waals surface area contributed by atoms with Gasteiger partial charge in [-0.1, -0.05) is 6.07 Å². The van der Waals surface area contributed by atoms with E-state index >= 15 is 0 Å². The maximum Gasteiger partial charge on any atom is 0.225 e. The first-order chi connectivity index (χ1) is 9.15. The van der Waals surface area contributed by atoms with Gasteiger partial charge in [0.1, 0.15) is 5.82 Å². The van der Waals surface area contributed by atoms with Gasteiger partial charge in [-0.2, -0.15) is 0 Å². The molecule has 2 unspecified atom stereocenters. The lowest BCUT2D eigenvalue weighted by Gasteiger charge is -2.03. The van der Waals surface area contributed by atoms with E-state index in [0.29, 0.717) is 0 Å². The highest BCUT2D eigenvalue weighted by molar-refractivity contribution is 6.64. The Labute approximate surface area is 115 Å². The average molecular weight is 276 g/mol. The topological polar surface area (TPSA) is 30.0 Å². The van der Waals surface area contributed by atoms with Crippen molar-refractivity contribution >= 4 is 16.8 Å². The summed E-state index contributed by atoms with van der Waals surface area (Å²) in [5, 5.41) is -0.271. The third-order valence-corrected chi connectivity index (χ3v) is 3.72. The van der Waals surface area contributed by atoms with Gasteiger partial charge in [0, 0.05) is 17.7 Å². The van der Waals surface area contributed by atoms with Crippen LogP contribution in [0.2, 0.25) is 0 Å². The van der Waals surface area contributed by atoms with Crippen molar-refractivity contribution in [2.75, 3.05) is 0 Å². The molecule has 0 saturated heterocycles. The van der Waals surface area contributed by atoms with Crippen LogP contribution in [0.3, 0.4) is 0 Å². The fourth-order valence-electron chi connectivity index (χ4n) is 2.23. The standard InChI is InChI=1S/C15H11ClFNO/c16-15(19)13-7-12(13)10-3-6-14(18-8-10)9-1-4-11(17)5-2-9/h1-6,8,12-13H,7H2. The Kier molecular flexibility index (Phi) is 3.07. The van der Waals surface area contributed by atoms with Crippen molar-refractivity contribution in [1.29, 1.82) is 0 Å². The molecule has 1 aliphatic carbocycles. The molecule has 3 rings (SSSR count). The molecule has 0 N–H and O–H groups in total. The average Bonchev–Trinajstić information content (AvgIpc) is 3.20. The Hall–Kier alpha value is -1.74. The number of benzene rings is 1. The van der Waals surface area contributed by atoms with Crippen LogP contribution < -0.4 is 0 Å². The SMILES string of the molecule is O=C(Cl)C1CC1c1ccc(-c2ccc(F)cc2)nc1. The van der Waals surface area contributed by atoms with Crippen molar-refractivity contribution < 1.29 is 9.18 Å². The van der Waals surface area contributed by atoms with E-state index in [4.69, 9.17) is 11.6 Å². The van der Waals surface area contributed by atoms with Crippen LogP contribution in [0.1, 0.15) is 17.9 Å². The van der Waals surface area contributed by atoms with Crippen molar-refractivity contribution in [2.45, 2.75) is 12.3 Å². The molecule has 0 spiro atoms. The number of carbonyl (C=O) groups excluding carboxylic acids is 1. The second-order valence-electron chi connectivity index (χ2n) is 4.74. The Morgan fingerprint density at radius 3 is 2.47 bits per heavy atom. The smallest absolute Gasteiger partial charge is 0.225 e. The summed E-state index contributed by atoms with van der Waals surface area (Å²) in [4.78, 5) is 15.4. The van der Waals surface area contributed by atoms with E-state index in [2.05, 4.69) is 4.98 Å². The highest BCUT2D eigenvalue weighted by Gasteiger charge is 2.43. The van der Waals surface area contributed by atoms with Gasteiger partial charge in [0.25, 0.3) is 0 Å². The molecule has 0 aliphatic heterocycles. The molecule has 4 heteroatoms. The molecule has 1 aromatic carbocycles. The molecular weight excluding hydrogens is 265 g/mol. The molecule has 1 heterocycles. The summed E-state index contributed by atoms with van der Waals surface area (Å²) in [5.41, 5.74) is 2.69. The van der Waals surface area contributed by atoms with E-state index in [-0.39, 0.29) is 22.9 Å².